The molecular weight excluding hydrogens is 130 g/mol. The quantitative estimate of drug-likeness (QED) is 0.492. The SMILES string of the molecule is O=C1OC2CCC1CCN2. The molecule has 3 aliphatic rings. The molecule has 3 rings (SSSR count). The van der Waals surface area contributed by atoms with E-state index in [1.54, 1.807) is 0 Å². The van der Waals surface area contributed by atoms with Crippen molar-refractivity contribution in [2.24, 2.45) is 5.92 Å². The molecule has 2 atom stereocenters. The highest BCUT2D eigenvalue weighted by Crippen LogP contribution is 2.24. The van der Waals surface area contributed by atoms with Crippen LogP contribution in [0, 0.1) is 5.92 Å². The van der Waals surface area contributed by atoms with E-state index in [-0.39, 0.29) is 18.1 Å². The van der Waals surface area contributed by atoms with Gasteiger partial charge in [-0.15, -0.1) is 0 Å². The number of carbonyl (C=O) groups excluding carboxylic acids is 1. The minimum Gasteiger partial charge on any atom is -0.446 e. The Morgan fingerprint density at radius 3 is 3.10 bits per heavy atom. The van der Waals surface area contributed by atoms with Crippen molar-refractivity contribution in [3.63, 3.8) is 0 Å². The highest BCUT2D eigenvalue weighted by molar-refractivity contribution is 5.73. The van der Waals surface area contributed by atoms with Crippen LogP contribution in [0.25, 0.3) is 0 Å². The van der Waals surface area contributed by atoms with Crippen LogP contribution in [0.15, 0.2) is 0 Å². The van der Waals surface area contributed by atoms with Crippen molar-refractivity contribution in [2.45, 2.75) is 25.5 Å². The molecule has 0 spiro atoms. The standard InChI is InChI=1S/C7H11NO2/c9-7-5-1-2-6(10-7)8-4-3-5/h5-6,8H,1-4H2. The van der Waals surface area contributed by atoms with Crippen molar-refractivity contribution in [3.8, 4) is 0 Å². The Labute approximate surface area is 59.7 Å². The van der Waals surface area contributed by atoms with E-state index in [0.29, 0.717) is 0 Å². The van der Waals surface area contributed by atoms with Crippen LogP contribution in [0.2, 0.25) is 0 Å². The van der Waals surface area contributed by atoms with E-state index in [1.807, 2.05) is 0 Å². The molecular formula is C7H11NO2. The summed E-state index contributed by atoms with van der Waals surface area (Å²) in [6, 6.07) is 0. The smallest absolute Gasteiger partial charge is 0.310 e. The number of ether oxygens (including phenoxy) is 1. The first-order valence-corrected chi connectivity index (χ1v) is 3.80. The Bertz CT molecular complexity index is 154. The number of rotatable bonds is 0. The van der Waals surface area contributed by atoms with Gasteiger partial charge >= 0.3 is 5.97 Å². The summed E-state index contributed by atoms with van der Waals surface area (Å²) in [5.41, 5.74) is 0. The fourth-order valence-corrected chi connectivity index (χ4v) is 1.59. The third kappa shape index (κ3) is 0.904. The van der Waals surface area contributed by atoms with Gasteiger partial charge in [0.2, 0.25) is 0 Å². The van der Waals surface area contributed by atoms with Crippen LogP contribution < -0.4 is 5.32 Å². The van der Waals surface area contributed by atoms with Gasteiger partial charge in [-0.25, -0.2) is 0 Å². The van der Waals surface area contributed by atoms with Crippen LogP contribution in [-0.2, 0) is 9.53 Å². The van der Waals surface area contributed by atoms with Crippen LogP contribution >= 0.6 is 0 Å². The molecule has 2 bridgehead atoms. The maximum Gasteiger partial charge on any atom is 0.310 e. The molecule has 0 aliphatic carbocycles. The summed E-state index contributed by atoms with van der Waals surface area (Å²) >= 11 is 0. The van der Waals surface area contributed by atoms with Gasteiger partial charge in [0.15, 0.2) is 6.23 Å². The Hall–Kier alpha value is -0.570. The van der Waals surface area contributed by atoms with Gasteiger partial charge in [-0.3, -0.25) is 10.1 Å². The zero-order valence-electron chi connectivity index (χ0n) is 5.80. The lowest BCUT2D eigenvalue weighted by molar-refractivity contribution is -0.159. The summed E-state index contributed by atoms with van der Waals surface area (Å²) in [5, 5.41) is 3.16. The summed E-state index contributed by atoms with van der Waals surface area (Å²) in [4.78, 5) is 11.0. The molecule has 1 N–H and O–H groups in total. The highest BCUT2D eigenvalue weighted by Gasteiger charge is 2.32. The van der Waals surface area contributed by atoms with Crippen LogP contribution in [0.3, 0.4) is 0 Å². The van der Waals surface area contributed by atoms with E-state index in [4.69, 9.17) is 4.74 Å². The molecule has 56 valence electrons. The minimum atomic E-state index is 0.00116. The lowest BCUT2D eigenvalue weighted by Gasteiger charge is -2.22. The number of fused-ring (bicyclic) bond motifs is 4. The van der Waals surface area contributed by atoms with Gasteiger partial charge in [0.1, 0.15) is 0 Å². The van der Waals surface area contributed by atoms with Crippen LogP contribution in [0.5, 0.6) is 0 Å². The second kappa shape index (κ2) is 2.23. The monoisotopic (exact) mass is 141 g/mol. The fourth-order valence-electron chi connectivity index (χ4n) is 1.59. The van der Waals surface area contributed by atoms with Gasteiger partial charge in [-0.2, -0.15) is 0 Å². The van der Waals surface area contributed by atoms with Crippen molar-refractivity contribution >= 4 is 5.97 Å². The highest BCUT2D eigenvalue weighted by atomic mass is 16.6. The molecule has 3 heteroatoms. The number of nitrogens with one attached hydrogen (secondary N) is 1. The first-order chi connectivity index (χ1) is 4.86. The third-order valence-electron chi connectivity index (χ3n) is 2.23. The number of hydrogen-bond acceptors (Lipinski definition) is 3. The number of carbonyl (C=O) groups is 1. The normalized spacial score (nSPS) is 39.0. The van der Waals surface area contributed by atoms with Crippen molar-refractivity contribution in [2.75, 3.05) is 6.54 Å². The molecule has 0 amide bonds. The molecule has 10 heavy (non-hydrogen) atoms. The molecule has 0 saturated carbocycles. The van der Waals surface area contributed by atoms with Crippen LogP contribution in [0.4, 0.5) is 0 Å². The molecule has 3 heterocycles. The van der Waals surface area contributed by atoms with Gasteiger partial charge in [-0.05, 0) is 25.8 Å². The van der Waals surface area contributed by atoms with Gasteiger partial charge in [0.05, 0.1) is 5.92 Å². The summed E-state index contributed by atoms with van der Waals surface area (Å²) in [5.74, 6) is 0.188. The Morgan fingerprint density at radius 1 is 1.40 bits per heavy atom. The lowest BCUT2D eigenvalue weighted by atomic mass is 9.99. The predicted molar refractivity (Wildman–Crippen MR) is 35.2 cm³/mol. The average Bonchev–Trinajstić information content (AvgIpc) is 2.20. The average molecular weight is 141 g/mol. The zero-order valence-corrected chi connectivity index (χ0v) is 5.80. The van der Waals surface area contributed by atoms with E-state index in [1.165, 1.54) is 0 Å². The van der Waals surface area contributed by atoms with Crippen molar-refractivity contribution < 1.29 is 9.53 Å². The Balaban J connectivity index is 2.15. The summed E-state index contributed by atoms with van der Waals surface area (Å²) < 4.78 is 5.06. The first kappa shape index (κ1) is 6.16. The fraction of sp³-hybridized carbons (Fsp3) is 0.857. The van der Waals surface area contributed by atoms with Gasteiger partial charge < -0.3 is 4.74 Å². The molecule has 3 aliphatic heterocycles. The minimum absolute atomic E-state index is 0.00116. The van der Waals surface area contributed by atoms with E-state index < -0.39 is 0 Å². The molecule has 3 nitrogen and oxygen atoms in total. The summed E-state index contributed by atoms with van der Waals surface area (Å²) in [6.07, 6.45) is 2.98. The molecule has 0 aromatic carbocycles. The molecule has 0 aromatic rings. The van der Waals surface area contributed by atoms with E-state index in [2.05, 4.69) is 5.32 Å². The lowest BCUT2D eigenvalue weighted by Crippen LogP contribution is -2.34. The Morgan fingerprint density at radius 2 is 2.30 bits per heavy atom. The molecule has 0 aromatic heterocycles. The Kier molecular flexibility index (Phi) is 1.38. The summed E-state index contributed by atoms with van der Waals surface area (Å²) in [6.45, 7) is 0.932. The molecule has 0 radical (unpaired) electrons. The maximum absolute atomic E-state index is 11.0. The topological polar surface area (TPSA) is 38.3 Å². The van der Waals surface area contributed by atoms with Crippen molar-refractivity contribution in [1.29, 1.82) is 0 Å². The van der Waals surface area contributed by atoms with E-state index in [9.17, 15) is 4.79 Å². The second-order valence-corrected chi connectivity index (χ2v) is 2.94. The second-order valence-electron chi connectivity index (χ2n) is 2.94. The van der Waals surface area contributed by atoms with E-state index >= 15 is 0 Å². The van der Waals surface area contributed by atoms with Gasteiger partial charge in [0.25, 0.3) is 0 Å². The molecule has 2 unspecified atom stereocenters. The van der Waals surface area contributed by atoms with Crippen LogP contribution in [-0.4, -0.2) is 18.7 Å². The third-order valence-corrected chi connectivity index (χ3v) is 2.23. The molecule has 3 fully saturated rings. The van der Waals surface area contributed by atoms with Crippen LogP contribution in [0.1, 0.15) is 19.3 Å². The number of hydrogen-bond donors (Lipinski definition) is 1. The van der Waals surface area contributed by atoms with E-state index in [0.717, 1.165) is 25.8 Å². The largest absolute Gasteiger partial charge is 0.446 e. The number of esters is 1. The molecule has 3 saturated heterocycles. The predicted octanol–water partition coefficient (Wildman–Crippen LogP) is 0.259. The zero-order chi connectivity index (χ0) is 6.97. The first-order valence-electron chi connectivity index (χ1n) is 3.80. The summed E-state index contributed by atoms with van der Waals surface area (Å²) in [7, 11) is 0. The van der Waals surface area contributed by atoms with Gasteiger partial charge in [-0.1, -0.05) is 0 Å². The van der Waals surface area contributed by atoms with Crippen molar-refractivity contribution in [3.05, 3.63) is 0 Å². The van der Waals surface area contributed by atoms with Gasteiger partial charge in [0, 0.05) is 0 Å². The van der Waals surface area contributed by atoms with Crippen molar-refractivity contribution in [1.82, 2.24) is 5.32 Å². The maximum atomic E-state index is 11.0.